The normalized spacial score (nSPS) is 11.8. The lowest BCUT2D eigenvalue weighted by molar-refractivity contribution is 0.264. The lowest BCUT2D eigenvalue weighted by Gasteiger charge is -2.01. The molecular weight excluding hydrogens is 182 g/mol. The minimum atomic E-state index is -4.24. The third-order valence-corrected chi connectivity index (χ3v) is 1.62. The molecule has 0 aromatic carbocycles. The standard InChI is InChI=1S/C6H15NO4S/c1-2-4-7-5-3-6-11-12(8,9)10/h7H,2-6H2,1H3,(H,8,9,10). The highest BCUT2D eigenvalue weighted by atomic mass is 32.3. The molecule has 74 valence electrons. The number of rotatable bonds is 7. The van der Waals surface area contributed by atoms with Gasteiger partial charge in [0.1, 0.15) is 0 Å². The van der Waals surface area contributed by atoms with E-state index in [0.717, 1.165) is 13.0 Å². The Morgan fingerprint density at radius 2 is 2.08 bits per heavy atom. The van der Waals surface area contributed by atoms with Gasteiger partial charge in [-0.1, -0.05) is 6.92 Å². The fourth-order valence-corrected chi connectivity index (χ4v) is 0.992. The highest BCUT2D eigenvalue weighted by Gasteiger charge is 2.01. The first-order chi connectivity index (χ1) is 5.56. The molecule has 0 heterocycles. The molecule has 2 N–H and O–H groups in total. The van der Waals surface area contributed by atoms with Crippen molar-refractivity contribution in [3.63, 3.8) is 0 Å². The van der Waals surface area contributed by atoms with Crippen molar-refractivity contribution < 1.29 is 17.2 Å². The van der Waals surface area contributed by atoms with Crippen molar-refractivity contribution in [2.75, 3.05) is 19.7 Å². The number of nitrogens with one attached hydrogen (secondary N) is 1. The van der Waals surface area contributed by atoms with Gasteiger partial charge in [0, 0.05) is 0 Å². The van der Waals surface area contributed by atoms with Gasteiger partial charge in [0.05, 0.1) is 6.61 Å². The van der Waals surface area contributed by atoms with Crippen molar-refractivity contribution in [1.29, 1.82) is 0 Å². The first-order valence-corrected chi connectivity index (χ1v) is 5.25. The van der Waals surface area contributed by atoms with Crippen molar-refractivity contribution in [3.05, 3.63) is 0 Å². The molecule has 6 heteroatoms. The van der Waals surface area contributed by atoms with Crippen molar-refractivity contribution in [2.24, 2.45) is 0 Å². The summed E-state index contributed by atoms with van der Waals surface area (Å²) in [7, 11) is -4.24. The average Bonchev–Trinajstić information content (AvgIpc) is 1.94. The summed E-state index contributed by atoms with van der Waals surface area (Å²) in [6.07, 6.45) is 1.61. The van der Waals surface area contributed by atoms with Gasteiger partial charge >= 0.3 is 10.4 Å². The van der Waals surface area contributed by atoms with Gasteiger partial charge in [-0.2, -0.15) is 8.42 Å². The molecule has 0 spiro atoms. The summed E-state index contributed by atoms with van der Waals surface area (Å²) in [5, 5.41) is 3.06. The van der Waals surface area contributed by atoms with E-state index in [1.54, 1.807) is 0 Å². The van der Waals surface area contributed by atoms with Crippen molar-refractivity contribution in [1.82, 2.24) is 5.32 Å². The molecule has 0 aromatic heterocycles. The monoisotopic (exact) mass is 197 g/mol. The maximum Gasteiger partial charge on any atom is 0.397 e. The Balaban J connectivity index is 3.12. The second-order valence-electron chi connectivity index (χ2n) is 2.35. The number of hydrogen-bond donors (Lipinski definition) is 2. The highest BCUT2D eigenvalue weighted by molar-refractivity contribution is 7.80. The summed E-state index contributed by atoms with van der Waals surface area (Å²) < 4.78 is 32.3. The Bertz CT molecular complexity index is 190. The largest absolute Gasteiger partial charge is 0.397 e. The molecule has 0 radical (unpaired) electrons. The predicted octanol–water partition coefficient (Wildman–Crippen LogP) is 0.196. The van der Waals surface area contributed by atoms with Crippen LogP contribution in [0.25, 0.3) is 0 Å². The van der Waals surface area contributed by atoms with E-state index >= 15 is 0 Å². The molecule has 0 aromatic rings. The van der Waals surface area contributed by atoms with Gasteiger partial charge in [-0.3, -0.25) is 4.55 Å². The van der Waals surface area contributed by atoms with Gasteiger partial charge < -0.3 is 5.32 Å². The van der Waals surface area contributed by atoms with Crippen LogP contribution in [0.2, 0.25) is 0 Å². The van der Waals surface area contributed by atoms with Gasteiger partial charge in [-0.15, -0.1) is 0 Å². The van der Waals surface area contributed by atoms with Crippen molar-refractivity contribution in [2.45, 2.75) is 19.8 Å². The smallest absolute Gasteiger partial charge is 0.317 e. The van der Waals surface area contributed by atoms with Gasteiger partial charge in [-0.25, -0.2) is 4.18 Å². The van der Waals surface area contributed by atoms with Gasteiger partial charge in [0.25, 0.3) is 0 Å². The molecule has 12 heavy (non-hydrogen) atoms. The summed E-state index contributed by atoms with van der Waals surface area (Å²) in [5.41, 5.74) is 0. The van der Waals surface area contributed by atoms with Crippen LogP contribution < -0.4 is 5.32 Å². The summed E-state index contributed by atoms with van der Waals surface area (Å²) in [4.78, 5) is 0. The van der Waals surface area contributed by atoms with E-state index in [0.29, 0.717) is 13.0 Å². The molecule has 5 nitrogen and oxygen atoms in total. The Morgan fingerprint density at radius 1 is 1.42 bits per heavy atom. The first kappa shape index (κ1) is 11.8. The zero-order valence-electron chi connectivity index (χ0n) is 7.12. The lowest BCUT2D eigenvalue weighted by Crippen LogP contribution is -2.18. The van der Waals surface area contributed by atoms with Crippen LogP contribution in [-0.4, -0.2) is 32.7 Å². The highest BCUT2D eigenvalue weighted by Crippen LogP contribution is 1.87. The van der Waals surface area contributed by atoms with Gasteiger partial charge in [0.15, 0.2) is 0 Å². The molecule has 0 saturated heterocycles. The summed E-state index contributed by atoms with van der Waals surface area (Å²) in [6, 6.07) is 0. The van der Waals surface area contributed by atoms with Gasteiger partial charge in [-0.05, 0) is 25.9 Å². The fourth-order valence-electron chi connectivity index (χ4n) is 0.663. The minimum Gasteiger partial charge on any atom is -0.317 e. The van der Waals surface area contributed by atoms with Crippen molar-refractivity contribution >= 4 is 10.4 Å². The zero-order valence-corrected chi connectivity index (χ0v) is 7.93. The van der Waals surface area contributed by atoms with Crippen LogP contribution in [0.15, 0.2) is 0 Å². The predicted molar refractivity (Wildman–Crippen MR) is 45.3 cm³/mol. The quantitative estimate of drug-likeness (QED) is 0.450. The molecule has 0 aliphatic heterocycles. The summed E-state index contributed by atoms with van der Waals surface area (Å²) in [5.74, 6) is 0. The molecule has 0 fully saturated rings. The maximum absolute atomic E-state index is 10.0. The molecule has 0 atom stereocenters. The van der Waals surface area contributed by atoms with E-state index in [1.807, 2.05) is 6.92 Å². The van der Waals surface area contributed by atoms with Gasteiger partial charge in [0.2, 0.25) is 0 Å². The van der Waals surface area contributed by atoms with Crippen LogP contribution in [0.4, 0.5) is 0 Å². The average molecular weight is 197 g/mol. The Kier molecular flexibility index (Phi) is 6.27. The van der Waals surface area contributed by atoms with E-state index < -0.39 is 10.4 Å². The molecule has 0 aliphatic rings. The van der Waals surface area contributed by atoms with Crippen LogP contribution in [0, 0.1) is 0 Å². The van der Waals surface area contributed by atoms with E-state index in [9.17, 15) is 8.42 Å². The second kappa shape index (κ2) is 6.36. The Hall–Kier alpha value is -0.170. The summed E-state index contributed by atoms with van der Waals surface area (Å²) >= 11 is 0. The molecule has 0 aliphatic carbocycles. The van der Waals surface area contributed by atoms with E-state index in [2.05, 4.69) is 9.50 Å². The first-order valence-electron chi connectivity index (χ1n) is 3.89. The fraction of sp³-hybridized carbons (Fsp3) is 1.00. The van der Waals surface area contributed by atoms with E-state index in [-0.39, 0.29) is 6.61 Å². The third-order valence-electron chi connectivity index (χ3n) is 1.16. The molecule has 0 amide bonds. The van der Waals surface area contributed by atoms with Crippen LogP contribution in [0.3, 0.4) is 0 Å². The van der Waals surface area contributed by atoms with E-state index in [1.165, 1.54) is 0 Å². The van der Waals surface area contributed by atoms with Crippen molar-refractivity contribution in [3.8, 4) is 0 Å². The zero-order chi connectivity index (χ0) is 9.45. The Labute approximate surface area is 73.1 Å². The van der Waals surface area contributed by atoms with Crippen LogP contribution >= 0.6 is 0 Å². The maximum atomic E-state index is 10.0. The van der Waals surface area contributed by atoms with Crippen LogP contribution in [0.1, 0.15) is 19.8 Å². The lowest BCUT2D eigenvalue weighted by atomic mass is 10.4. The van der Waals surface area contributed by atoms with Crippen LogP contribution in [0.5, 0.6) is 0 Å². The number of hydrogen-bond acceptors (Lipinski definition) is 4. The SMILES string of the molecule is CCCNCCCOS(=O)(=O)O. The van der Waals surface area contributed by atoms with E-state index in [4.69, 9.17) is 4.55 Å². The second-order valence-corrected chi connectivity index (χ2v) is 3.44. The Morgan fingerprint density at radius 3 is 2.58 bits per heavy atom. The molecule has 0 unspecified atom stereocenters. The molecule has 0 rings (SSSR count). The molecular formula is C6H15NO4S. The van der Waals surface area contributed by atoms with Crippen LogP contribution in [-0.2, 0) is 14.6 Å². The summed E-state index contributed by atoms with van der Waals surface area (Å²) in [6.45, 7) is 3.67. The third kappa shape index (κ3) is 9.83. The molecule has 0 bridgehead atoms. The molecule has 0 saturated carbocycles. The topological polar surface area (TPSA) is 75.6 Å². The minimum absolute atomic E-state index is 0.0234.